The van der Waals surface area contributed by atoms with E-state index in [1.54, 1.807) is 36.4 Å². The number of carbonyl (C=O) groups excluding carboxylic acids is 3. The molecule has 0 aliphatic heterocycles. The number of nitrogens with one attached hydrogen (secondary N) is 2. The van der Waals surface area contributed by atoms with Crippen molar-refractivity contribution < 1.29 is 23.5 Å². The normalized spacial score (nSPS) is 10.1. The molecule has 2 aromatic carbocycles. The zero-order chi connectivity index (χ0) is 19.6. The Labute approximate surface area is 160 Å². The second-order valence-electron chi connectivity index (χ2n) is 5.65. The van der Waals surface area contributed by atoms with Crippen LogP contribution in [0.25, 0.3) is 0 Å². The number of benzene rings is 2. The molecule has 0 aromatic heterocycles. The SMILES string of the molecule is Cc1ccc(C(=O)NNC(=O)COC(=O)CSCc2ccc(F)cc2)cc1. The van der Waals surface area contributed by atoms with Crippen molar-refractivity contribution in [1.82, 2.24) is 10.9 Å². The van der Waals surface area contributed by atoms with E-state index in [-0.39, 0.29) is 11.6 Å². The van der Waals surface area contributed by atoms with Gasteiger partial charge in [-0.15, -0.1) is 11.8 Å². The van der Waals surface area contributed by atoms with Crippen LogP contribution in [0.5, 0.6) is 0 Å². The van der Waals surface area contributed by atoms with E-state index in [9.17, 15) is 18.8 Å². The molecule has 2 N–H and O–H groups in total. The van der Waals surface area contributed by atoms with E-state index in [1.807, 2.05) is 6.92 Å². The second-order valence-corrected chi connectivity index (χ2v) is 6.63. The van der Waals surface area contributed by atoms with Crippen molar-refractivity contribution in [3.05, 3.63) is 71.0 Å². The van der Waals surface area contributed by atoms with Crippen molar-refractivity contribution in [1.29, 1.82) is 0 Å². The van der Waals surface area contributed by atoms with E-state index in [0.717, 1.165) is 11.1 Å². The summed E-state index contributed by atoms with van der Waals surface area (Å²) in [6.07, 6.45) is 0. The largest absolute Gasteiger partial charge is 0.455 e. The number of rotatable bonds is 7. The molecule has 27 heavy (non-hydrogen) atoms. The van der Waals surface area contributed by atoms with Crippen LogP contribution in [0.15, 0.2) is 48.5 Å². The highest BCUT2D eigenvalue weighted by Gasteiger charge is 2.10. The van der Waals surface area contributed by atoms with Gasteiger partial charge in [-0.1, -0.05) is 29.8 Å². The highest BCUT2D eigenvalue weighted by atomic mass is 32.2. The molecule has 0 unspecified atom stereocenters. The average molecular weight is 390 g/mol. The molecule has 0 spiro atoms. The molecule has 2 amide bonds. The van der Waals surface area contributed by atoms with E-state index in [2.05, 4.69) is 10.9 Å². The Bertz CT molecular complexity index is 794. The molecule has 0 heterocycles. The number of hydrogen-bond acceptors (Lipinski definition) is 5. The molecule has 0 saturated heterocycles. The van der Waals surface area contributed by atoms with Gasteiger partial charge in [0.1, 0.15) is 5.82 Å². The number of halogens is 1. The summed E-state index contributed by atoms with van der Waals surface area (Å²) in [7, 11) is 0. The van der Waals surface area contributed by atoms with Gasteiger partial charge in [-0.25, -0.2) is 4.39 Å². The molecule has 0 radical (unpaired) electrons. The minimum Gasteiger partial charge on any atom is -0.455 e. The van der Waals surface area contributed by atoms with Gasteiger partial charge in [0, 0.05) is 11.3 Å². The predicted octanol–water partition coefficient (Wildman–Crippen LogP) is 2.37. The smallest absolute Gasteiger partial charge is 0.316 e. The summed E-state index contributed by atoms with van der Waals surface area (Å²) in [5.41, 5.74) is 6.72. The van der Waals surface area contributed by atoms with Crippen LogP contribution in [0, 0.1) is 12.7 Å². The summed E-state index contributed by atoms with van der Waals surface area (Å²) in [5, 5.41) is 0. The number of amides is 2. The fraction of sp³-hybridized carbons (Fsp3) is 0.211. The summed E-state index contributed by atoms with van der Waals surface area (Å²) >= 11 is 1.29. The summed E-state index contributed by atoms with van der Waals surface area (Å²) in [6, 6.07) is 12.8. The first kappa shape index (κ1) is 20.4. The van der Waals surface area contributed by atoms with Crippen LogP contribution < -0.4 is 10.9 Å². The third-order valence-electron chi connectivity index (χ3n) is 3.40. The maximum absolute atomic E-state index is 12.8. The highest BCUT2D eigenvalue weighted by molar-refractivity contribution is 7.99. The van der Waals surface area contributed by atoms with Crippen LogP contribution in [0.2, 0.25) is 0 Å². The summed E-state index contributed by atoms with van der Waals surface area (Å²) in [6.45, 7) is 1.40. The fourth-order valence-corrected chi connectivity index (χ4v) is 2.74. The Morgan fingerprint density at radius 1 is 1.00 bits per heavy atom. The molecule has 6 nitrogen and oxygen atoms in total. The van der Waals surface area contributed by atoms with Gasteiger partial charge in [0.15, 0.2) is 6.61 Å². The van der Waals surface area contributed by atoms with Crippen molar-refractivity contribution in [2.45, 2.75) is 12.7 Å². The number of ether oxygens (including phenoxy) is 1. The average Bonchev–Trinajstić information content (AvgIpc) is 2.66. The van der Waals surface area contributed by atoms with Gasteiger partial charge in [-0.05, 0) is 36.8 Å². The van der Waals surface area contributed by atoms with Gasteiger partial charge < -0.3 is 4.74 Å². The zero-order valence-corrected chi connectivity index (χ0v) is 15.5. The minimum atomic E-state index is -0.646. The van der Waals surface area contributed by atoms with Crippen molar-refractivity contribution in [3.63, 3.8) is 0 Å². The molecule has 0 fully saturated rings. The molecule has 2 rings (SSSR count). The van der Waals surface area contributed by atoms with Crippen LogP contribution in [-0.4, -0.2) is 30.1 Å². The van der Waals surface area contributed by atoms with Crippen LogP contribution in [0.4, 0.5) is 4.39 Å². The lowest BCUT2D eigenvalue weighted by Crippen LogP contribution is -2.43. The molecular formula is C19H19FN2O4S. The van der Waals surface area contributed by atoms with Crippen LogP contribution >= 0.6 is 11.8 Å². The second kappa shape index (κ2) is 10.3. The van der Waals surface area contributed by atoms with E-state index >= 15 is 0 Å². The maximum atomic E-state index is 12.8. The first-order valence-corrected chi connectivity index (χ1v) is 9.23. The lowest BCUT2D eigenvalue weighted by molar-refractivity contribution is -0.146. The standard InChI is InChI=1S/C19H19FN2O4S/c1-13-2-6-15(7-3-13)19(25)22-21-17(23)10-26-18(24)12-27-11-14-4-8-16(20)9-5-14/h2-9H,10-12H2,1H3,(H,21,23)(H,22,25). The molecule has 0 aliphatic rings. The number of aryl methyl sites for hydroxylation is 1. The number of esters is 1. The van der Waals surface area contributed by atoms with E-state index < -0.39 is 24.4 Å². The molecule has 8 heteroatoms. The molecule has 0 aliphatic carbocycles. The van der Waals surface area contributed by atoms with E-state index in [4.69, 9.17) is 4.74 Å². The Morgan fingerprint density at radius 2 is 1.67 bits per heavy atom. The third-order valence-corrected chi connectivity index (χ3v) is 4.37. The van der Waals surface area contributed by atoms with Crippen molar-refractivity contribution in [3.8, 4) is 0 Å². The summed E-state index contributed by atoms with van der Waals surface area (Å²) < 4.78 is 17.6. The van der Waals surface area contributed by atoms with Crippen LogP contribution in [0.3, 0.4) is 0 Å². The molecular weight excluding hydrogens is 371 g/mol. The molecule has 2 aromatic rings. The fourth-order valence-electron chi connectivity index (χ4n) is 1.96. The molecule has 0 atom stereocenters. The quantitative estimate of drug-likeness (QED) is 0.560. The number of thioether (sulfide) groups is 1. The minimum absolute atomic E-state index is 0.0559. The topological polar surface area (TPSA) is 84.5 Å². The van der Waals surface area contributed by atoms with Crippen molar-refractivity contribution in [2.75, 3.05) is 12.4 Å². The monoisotopic (exact) mass is 390 g/mol. The number of hydrogen-bond donors (Lipinski definition) is 2. The third kappa shape index (κ3) is 7.49. The van der Waals surface area contributed by atoms with Gasteiger partial charge in [-0.2, -0.15) is 0 Å². The van der Waals surface area contributed by atoms with Crippen molar-refractivity contribution >= 4 is 29.5 Å². The van der Waals surface area contributed by atoms with Gasteiger partial charge in [0.25, 0.3) is 11.8 Å². The Kier molecular flexibility index (Phi) is 7.81. The Balaban J connectivity index is 1.61. The van der Waals surface area contributed by atoms with Gasteiger partial charge in [0.2, 0.25) is 0 Å². The van der Waals surface area contributed by atoms with Crippen LogP contribution in [0.1, 0.15) is 21.5 Å². The summed E-state index contributed by atoms with van der Waals surface area (Å²) in [4.78, 5) is 35.1. The lowest BCUT2D eigenvalue weighted by Gasteiger charge is -2.08. The van der Waals surface area contributed by atoms with Gasteiger partial charge in [-0.3, -0.25) is 25.2 Å². The first-order valence-electron chi connectivity index (χ1n) is 8.07. The Morgan fingerprint density at radius 3 is 2.33 bits per heavy atom. The van der Waals surface area contributed by atoms with Crippen molar-refractivity contribution in [2.24, 2.45) is 0 Å². The highest BCUT2D eigenvalue weighted by Crippen LogP contribution is 2.12. The Hall–Kier alpha value is -2.87. The molecule has 0 bridgehead atoms. The lowest BCUT2D eigenvalue weighted by atomic mass is 10.1. The number of hydrazine groups is 1. The predicted molar refractivity (Wildman–Crippen MR) is 100 cm³/mol. The number of carbonyl (C=O) groups is 3. The zero-order valence-electron chi connectivity index (χ0n) is 14.7. The van der Waals surface area contributed by atoms with E-state index in [1.165, 1.54) is 23.9 Å². The van der Waals surface area contributed by atoms with Gasteiger partial charge in [0.05, 0.1) is 5.75 Å². The van der Waals surface area contributed by atoms with Gasteiger partial charge >= 0.3 is 5.97 Å². The van der Waals surface area contributed by atoms with E-state index in [0.29, 0.717) is 11.3 Å². The molecule has 0 saturated carbocycles. The first-order chi connectivity index (χ1) is 12.9. The summed E-state index contributed by atoms with van der Waals surface area (Å²) in [5.74, 6) is -1.41. The van der Waals surface area contributed by atoms with Crippen LogP contribution in [-0.2, 0) is 20.1 Å². The maximum Gasteiger partial charge on any atom is 0.316 e. The molecule has 142 valence electrons.